The Kier molecular flexibility index (Phi) is 4.19. The van der Waals surface area contributed by atoms with Gasteiger partial charge in [0.15, 0.2) is 0 Å². The summed E-state index contributed by atoms with van der Waals surface area (Å²) >= 11 is 0. The second-order valence-electron chi connectivity index (χ2n) is 3.93. The van der Waals surface area contributed by atoms with Crippen LogP contribution in [0.2, 0.25) is 0 Å². The summed E-state index contributed by atoms with van der Waals surface area (Å²) in [6, 6.07) is -1.42. The molecule has 4 amide bonds. The zero-order valence-electron chi connectivity index (χ0n) is 9.70. The number of hydrogen-bond donors (Lipinski definition) is 3. The highest BCUT2D eigenvalue weighted by Gasteiger charge is 2.29. The van der Waals surface area contributed by atoms with E-state index in [1.54, 1.807) is 0 Å². The van der Waals surface area contributed by atoms with Gasteiger partial charge in [0.05, 0.1) is 0 Å². The first-order valence-electron chi connectivity index (χ1n) is 5.31. The molecule has 0 aromatic carbocycles. The highest BCUT2D eigenvalue weighted by molar-refractivity contribution is 6.02. The van der Waals surface area contributed by atoms with Crippen molar-refractivity contribution < 1.29 is 19.2 Å². The first-order valence-corrected chi connectivity index (χ1v) is 5.31. The van der Waals surface area contributed by atoms with Crippen LogP contribution in [-0.2, 0) is 19.2 Å². The standard InChI is InChI=1S/C10H15N3O4/c1-5(11-6(2)14)9(16)12-7-3-4-8(15)13-10(7)17/h5,7H,3-4H2,1-2H3,(H,11,14)(H,12,16)(H,13,15,17). The maximum absolute atomic E-state index is 11.6. The van der Waals surface area contributed by atoms with E-state index >= 15 is 0 Å². The molecule has 7 nitrogen and oxygen atoms in total. The summed E-state index contributed by atoms with van der Waals surface area (Å²) in [4.78, 5) is 44.6. The summed E-state index contributed by atoms with van der Waals surface area (Å²) in [7, 11) is 0. The second kappa shape index (κ2) is 5.42. The molecule has 7 heteroatoms. The zero-order chi connectivity index (χ0) is 13.0. The fourth-order valence-corrected chi connectivity index (χ4v) is 1.50. The van der Waals surface area contributed by atoms with E-state index in [0.717, 1.165) is 0 Å². The molecule has 1 saturated heterocycles. The lowest BCUT2D eigenvalue weighted by Gasteiger charge is -2.23. The largest absolute Gasteiger partial charge is 0.345 e. The van der Waals surface area contributed by atoms with Gasteiger partial charge in [-0.15, -0.1) is 0 Å². The molecule has 0 aromatic heterocycles. The van der Waals surface area contributed by atoms with Crippen LogP contribution >= 0.6 is 0 Å². The van der Waals surface area contributed by atoms with Gasteiger partial charge in [-0.3, -0.25) is 24.5 Å². The lowest BCUT2D eigenvalue weighted by atomic mass is 10.1. The fourth-order valence-electron chi connectivity index (χ4n) is 1.50. The lowest BCUT2D eigenvalue weighted by Crippen LogP contribution is -2.55. The van der Waals surface area contributed by atoms with E-state index in [4.69, 9.17) is 0 Å². The van der Waals surface area contributed by atoms with E-state index in [2.05, 4.69) is 16.0 Å². The Balaban J connectivity index is 2.48. The van der Waals surface area contributed by atoms with Crippen LogP contribution < -0.4 is 16.0 Å². The molecular weight excluding hydrogens is 226 g/mol. The third-order valence-corrected chi connectivity index (χ3v) is 2.37. The van der Waals surface area contributed by atoms with Gasteiger partial charge in [-0.1, -0.05) is 0 Å². The van der Waals surface area contributed by atoms with Crippen molar-refractivity contribution in [3.8, 4) is 0 Å². The Morgan fingerprint density at radius 3 is 2.59 bits per heavy atom. The Labute approximate surface area is 98.3 Å². The molecule has 0 aromatic rings. The molecule has 3 N–H and O–H groups in total. The molecule has 0 aliphatic carbocycles. The molecule has 1 heterocycles. The Hall–Kier alpha value is -1.92. The van der Waals surface area contributed by atoms with E-state index < -0.39 is 23.9 Å². The summed E-state index contributed by atoms with van der Waals surface area (Å²) in [6.45, 7) is 2.82. The average molecular weight is 241 g/mol. The zero-order valence-corrected chi connectivity index (χ0v) is 9.70. The molecule has 0 bridgehead atoms. The van der Waals surface area contributed by atoms with Crippen molar-refractivity contribution in [3.63, 3.8) is 0 Å². The maximum Gasteiger partial charge on any atom is 0.249 e. The summed E-state index contributed by atoms with van der Waals surface area (Å²) in [5.41, 5.74) is 0. The van der Waals surface area contributed by atoms with Gasteiger partial charge >= 0.3 is 0 Å². The predicted molar refractivity (Wildman–Crippen MR) is 57.6 cm³/mol. The van der Waals surface area contributed by atoms with Crippen molar-refractivity contribution in [1.82, 2.24) is 16.0 Å². The molecule has 1 aliphatic rings. The number of carbonyl (C=O) groups excluding carboxylic acids is 4. The van der Waals surface area contributed by atoms with Gasteiger partial charge in [0.2, 0.25) is 23.6 Å². The Bertz CT molecular complexity index is 367. The van der Waals surface area contributed by atoms with Crippen LogP contribution in [0.5, 0.6) is 0 Å². The van der Waals surface area contributed by atoms with E-state index in [0.29, 0.717) is 0 Å². The number of piperidine rings is 1. The number of amides is 4. The molecule has 17 heavy (non-hydrogen) atoms. The molecule has 0 saturated carbocycles. The molecule has 1 aliphatic heterocycles. The van der Waals surface area contributed by atoms with Crippen molar-refractivity contribution in [1.29, 1.82) is 0 Å². The van der Waals surface area contributed by atoms with Gasteiger partial charge < -0.3 is 10.6 Å². The van der Waals surface area contributed by atoms with Crippen LogP contribution in [0.3, 0.4) is 0 Å². The molecule has 1 rings (SSSR count). The monoisotopic (exact) mass is 241 g/mol. The van der Waals surface area contributed by atoms with Crippen molar-refractivity contribution in [3.05, 3.63) is 0 Å². The Morgan fingerprint density at radius 1 is 1.41 bits per heavy atom. The van der Waals surface area contributed by atoms with Gasteiger partial charge in [0.25, 0.3) is 0 Å². The van der Waals surface area contributed by atoms with Gasteiger partial charge in [-0.25, -0.2) is 0 Å². The van der Waals surface area contributed by atoms with Crippen molar-refractivity contribution in [2.75, 3.05) is 0 Å². The van der Waals surface area contributed by atoms with Gasteiger partial charge in [-0.2, -0.15) is 0 Å². The summed E-state index contributed by atoms with van der Waals surface area (Å²) < 4.78 is 0. The van der Waals surface area contributed by atoms with E-state index in [1.165, 1.54) is 13.8 Å². The smallest absolute Gasteiger partial charge is 0.249 e. The van der Waals surface area contributed by atoms with Gasteiger partial charge in [-0.05, 0) is 13.3 Å². The van der Waals surface area contributed by atoms with Crippen LogP contribution in [-0.4, -0.2) is 35.7 Å². The molecule has 2 atom stereocenters. The van der Waals surface area contributed by atoms with Gasteiger partial charge in [0.1, 0.15) is 12.1 Å². The molecule has 94 valence electrons. The minimum absolute atomic E-state index is 0.200. The topological polar surface area (TPSA) is 104 Å². The third kappa shape index (κ3) is 3.86. The van der Waals surface area contributed by atoms with E-state index in [9.17, 15) is 19.2 Å². The molecule has 0 spiro atoms. The normalized spacial score (nSPS) is 21.4. The molecular formula is C10H15N3O4. The van der Waals surface area contributed by atoms with Crippen LogP contribution in [0.25, 0.3) is 0 Å². The fraction of sp³-hybridized carbons (Fsp3) is 0.600. The predicted octanol–water partition coefficient (Wildman–Crippen LogP) is -1.57. The highest BCUT2D eigenvalue weighted by Crippen LogP contribution is 2.04. The highest BCUT2D eigenvalue weighted by atomic mass is 16.2. The van der Waals surface area contributed by atoms with Crippen molar-refractivity contribution in [2.45, 2.75) is 38.8 Å². The lowest BCUT2D eigenvalue weighted by molar-refractivity contribution is -0.137. The second-order valence-corrected chi connectivity index (χ2v) is 3.93. The molecule has 0 radical (unpaired) electrons. The van der Waals surface area contributed by atoms with Gasteiger partial charge in [0, 0.05) is 13.3 Å². The van der Waals surface area contributed by atoms with E-state index in [-0.39, 0.29) is 24.7 Å². The summed E-state index contributed by atoms with van der Waals surface area (Å²) in [6.07, 6.45) is 0.481. The maximum atomic E-state index is 11.6. The molecule has 1 fully saturated rings. The number of hydrogen-bond acceptors (Lipinski definition) is 4. The van der Waals surface area contributed by atoms with Crippen LogP contribution in [0, 0.1) is 0 Å². The minimum Gasteiger partial charge on any atom is -0.345 e. The third-order valence-electron chi connectivity index (χ3n) is 2.37. The first-order chi connectivity index (χ1) is 7.90. The SMILES string of the molecule is CC(=O)NC(C)C(=O)NC1CCC(=O)NC1=O. The number of rotatable bonds is 3. The first kappa shape index (κ1) is 13.1. The van der Waals surface area contributed by atoms with Crippen molar-refractivity contribution >= 4 is 23.6 Å². The average Bonchev–Trinajstić information content (AvgIpc) is 2.21. The molecule has 2 unspecified atom stereocenters. The number of nitrogens with one attached hydrogen (secondary N) is 3. The van der Waals surface area contributed by atoms with Crippen LogP contribution in [0.4, 0.5) is 0 Å². The summed E-state index contributed by atoms with van der Waals surface area (Å²) in [5, 5.41) is 7.02. The number of imide groups is 1. The van der Waals surface area contributed by atoms with Crippen LogP contribution in [0.15, 0.2) is 0 Å². The van der Waals surface area contributed by atoms with E-state index in [1.807, 2.05) is 0 Å². The Morgan fingerprint density at radius 2 is 2.06 bits per heavy atom. The van der Waals surface area contributed by atoms with Crippen molar-refractivity contribution in [2.24, 2.45) is 0 Å². The van der Waals surface area contributed by atoms with Crippen LogP contribution in [0.1, 0.15) is 26.7 Å². The minimum atomic E-state index is -0.712. The summed E-state index contributed by atoms with van der Waals surface area (Å²) in [5.74, 6) is -1.62. The number of carbonyl (C=O) groups is 4. The quantitative estimate of drug-likeness (QED) is 0.519.